The van der Waals surface area contributed by atoms with Crippen molar-refractivity contribution in [3.8, 4) is 0 Å². The van der Waals surface area contributed by atoms with Crippen molar-refractivity contribution in [2.24, 2.45) is 0 Å². The number of nitrogens with one attached hydrogen (secondary N) is 1. The molecule has 0 atom stereocenters. The van der Waals surface area contributed by atoms with Crippen LogP contribution in [-0.4, -0.2) is 18.5 Å². The van der Waals surface area contributed by atoms with Crippen molar-refractivity contribution < 1.29 is 23.1 Å². The second-order valence-corrected chi connectivity index (χ2v) is 5.37. The third-order valence-corrected chi connectivity index (χ3v) is 3.29. The monoisotopic (exact) mass is 384 g/mol. The van der Waals surface area contributed by atoms with Crippen molar-refractivity contribution in [3.05, 3.63) is 58.1 Å². The van der Waals surface area contributed by atoms with Crippen molar-refractivity contribution in [2.75, 3.05) is 17.7 Å². The molecular formula is C15H11BrF2N2O3. The molecule has 1 amide bonds. The van der Waals surface area contributed by atoms with E-state index in [1.165, 1.54) is 12.1 Å². The molecule has 0 heterocycles. The average Bonchev–Trinajstić information content (AvgIpc) is 2.51. The summed E-state index contributed by atoms with van der Waals surface area (Å²) in [6.07, 6.45) is 0. The van der Waals surface area contributed by atoms with E-state index in [9.17, 15) is 18.4 Å². The van der Waals surface area contributed by atoms with E-state index in [0.29, 0.717) is 4.47 Å². The van der Waals surface area contributed by atoms with Crippen molar-refractivity contribution >= 4 is 39.2 Å². The second-order valence-electron chi connectivity index (χ2n) is 4.45. The highest BCUT2D eigenvalue weighted by atomic mass is 79.9. The minimum atomic E-state index is -0.930. The van der Waals surface area contributed by atoms with Gasteiger partial charge in [-0.1, -0.05) is 22.0 Å². The molecule has 0 spiro atoms. The fourth-order valence-corrected chi connectivity index (χ4v) is 2.07. The summed E-state index contributed by atoms with van der Waals surface area (Å²) in [4.78, 5) is 23.5. The quantitative estimate of drug-likeness (QED) is 0.626. The molecule has 0 bridgehead atoms. The van der Waals surface area contributed by atoms with E-state index in [4.69, 9.17) is 10.5 Å². The van der Waals surface area contributed by atoms with Crippen LogP contribution in [0, 0.1) is 11.6 Å². The minimum Gasteiger partial charge on any atom is -0.452 e. The predicted octanol–water partition coefficient (Wildman–Crippen LogP) is 3.11. The van der Waals surface area contributed by atoms with Crippen molar-refractivity contribution in [2.45, 2.75) is 0 Å². The Balaban J connectivity index is 1.99. The molecule has 0 saturated heterocycles. The van der Waals surface area contributed by atoms with Gasteiger partial charge in [-0.05, 0) is 30.3 Å². The molecule has 0 aliphatic rings. The molecule has 2 rings (SSSR count). The van der Waals surface area contributed by atoms with E-state index >= 15 is 0 Å². The molecule has 0 aliphatic heterocycles. The van der Waals surface area contributed by atoms with Gasteiger partial charge in [-0.25, -0.2) is 13.6 Å². The summed E-state index contributed by atoms with van der Waals surface area (Å²) in [7, 11) is 0. The van der Waals surface area contributed by atoms with Crippen molar-refractivity contribution in [1.29, 1.82) is 0 Å². The Hall–Kier alpha value is -2.48. The topological polar surface area (TPSA) is 81.4 Å². The fourth-order valence-electron chi connectivity index (χ4n) is 1.71. The number of hydrogen-bond acceptors (Lipinski definition) is 4. The van der Waals surface area contributed by atoms with Gasteiger partial charge in [0.15, 0.2) is 6.61 Å². The van der Waals surface area contributed by atoms with Gasteiger partial charge in [-0.2, -0.15) is 0 Å². The number of esters is 1. The van der Waals surface area contributed by atoms with E-state index in [1.807, 2.05) is 5.32 Å². The lowest BCUT2D eigenvalue weighted by atomic mass is 10.2. The number of ether oxygens (including phenoxy) is 1. The van der Waals surface area contributed by atoms with E-state index in [1.54, 1.807) is 6.07 Å². The summed E-state index contributed by atoms with van der Waals surface area (Å²) in [5.41, 5.74) is 5.29. The summed E-state index contributed by atoms with van der Waals surface area (Å²) in [6, 6.07) is 7.72. The summed E-state index contributed by atoms with van der Waals surface area (Å²) < 4.78 is 32.2. The normalized spacial score (nSPS) is 10.2. The first-order chi connectivity index (χ1) is 10.9. The van der Waals surface area contributed by atoms with Crippen molar-refractivity contribution in [3.63, 3.8) is 0 Å². The number of hydrogen-bond donors (Lipinski definition) is 2. The molecule has 120 valence electrons. The zero-order valence-corrected chi connectivity index (χ0v) is 13.2. The lowest BCUT2D eigenvalue weighted by Gasteiger charge is -2.09. The number of para-hydroxylation sites is 1. The Morgan fingerprint density at radius 1 is 1.17 bits per heavy atom. The zero-order chi connectivity index (χ0) is 17.0. The maximum absolute atomic E-state index is 13.4. The smallest absolute Gasteiger partial charge is 0.340 e. The third-order valence-electron chi connectivity index (χ3n) is 2.80. The first-order valence-electron chi connectivity index (χ1n) is 6.34. The number of carbonyl (C=O) groups excluding carboxylic acids is 2. The number of benzene rings is 2. The highest BCUT2D eigenvalue weighted by Crippen LogP contribution is 2.20. The average molecular weight is 385 g/mol. The van der Waals surface area contributed by atoms with E-state index in [-0.39, 0.29) is 11.3 Å². The molecule has 8 heteroatoms. The lowest BCUT2D eigenvalue weighted by molar-refractivity contribution is -0.119. The Morgan fingerprint density at radius 2 is 1.83 bits per heavy atom. The molecular weight excluding hydrogens is 374 g/mol. The largest absolute Gasteiger partial charge is 0.452 e. The first kappa shape index (κ1) is 16.9. The zero-order valence-electron chi connectivity index (χ0n) is 11.6. The molecule has 0 aromatic heterocycles. The summed E-state index contributed by atoms with van der Waals surface area (Å²) in [5, 5.41) is 2.00. The predicted molar refractivity (Wildman–Crippen MR) is 83.8 cm³/mol. The first-order valence-corrected chi connectivity index (χ1v) is 7.14. The van der Waals surface area contributed by atoms with Gasteiger partial charge in [0, 0.05) is 10.2 Å². The molecule has 0 fully saturated rings. The van der Waals surface area contributed by atoms with Crippen LogP contribution in [0.15, 0.2) is 40.9 Å². The molecule has 2 aromatic carbocycles. The molecule has 0 unspecified atom stereocenters. The Labute approximate surface area is 138 Å². The van der Waals surface area contributed by atoms with Gasteiger partial charge in [-0.3, -0.25) is 4.79 Å². The van der Waals surface area contributed by atoms with Crippen LogP contribution in [0.5, 0.6) is 0 Å². The molecule has 3 N–H and O–H groups in total. The van der Waals surface area contributed by atoms with Crippen LogP contribution in [0.3, 0.4) is 0 Å². The van der Waals surface area contributed by atoms with Crippen LogP contribution in [0.1, 0.15) is 10.4 Å². The van der Waals surface area contributed by atoms with Crippen molar-refractivity contribution in [1.82, 2.24) is 0 Å². The number of carbonyl (C=O) groups is 2. The van der Waals surface area contributed by atoms with Crippen LogP contribution < -0.4 is 11.1 Å². The summed E-state index contributed by atoms with van der Waals surface area (Å²) in [6.45, 7) is -0.710. The standard InChI is InChI=1S/C15H11BrF2N2O3/c16-8-4-5-12(19)9(6-8)15(22)23-7-13(21)20-14-10(17)2-1-3-11(14)18/h1-6H,7,19H2,(H,20,21). The summed E-state index contributed by atoms with van der Waals surface area (Å²) in [5.74, 6) is -3.56. The van der Waals surface area contributed by atoms with Gasteiger partial charge in [0.05, 0.1) is 5.56 Å². The highest BCUT2D eigenvalue weighted by Gasteiger charge is 2.16. The Morgan fingerprint density at radius 3 is 2.48 bits per heavy atom. The minimum absolute atomic E-state index is 0.0734. The van der Waals surface area contributed by atoms with Gasteiger partial charge in [0.25, 0.3) is 5.91 Å². The Bertz CT molecular complexity index is 748. The number of rotatable bonds is 4. The maximum Gasteiger partial charge on any atom is 0.340 e. The molecule has 2 aromatic rings. The van der Waals surface area contributed by atoms with Crippen LogP contribution >= 0.6 is 15.9 Å². The SMILES string of the molecule is Nc1ccc(Br)cc1C(=O)OCC(=O)Nc1c(F)cccc1F. The molecule has 0 radical (unpaired) electrons. The van der Waals surface area contributed by atoms with Crippen LogP contribution in [0.2, 0.25) is 0 Å². The Kier molecular flexibility index (Phi) is 5.28. The number of halogens is 3. The molecule has 0 aliphatic carbocycles. The third kappa shape index (κ3) is 4.26. The van der Waals surface area contributed by atoms with E-state index < -0.39 is 35.8 Å². The summed E-state index contributed by atoms with van der Waals surface area (Å²) >= 11 is 3.18. The molecule has 5 nitrogen and oxygen atoms in total. The maximum atomic E-state index is 13.4. The molecule has 0 saturated carbocycles. The van der Waals surface area contributed by atoms with Gasteiger partial charge in [0.1, 0.15) is 17.3 Å². The van der Waals surface area contributed by atoms with Gasteiger partial charge >= 0.3 is 5.97 Å². The number of anilines is 2. The van der Waals surface area contributed by atoms with Gasteiger partial charge < -0.3 is 15.8 Å². The number of nitrogens with two attached hydrogens (primary N) is 1. The van der Waals surface area contributed by atoms with Crippen LogP contribution in [0.4, 0.5) is 20.2 Å². The van der Waals surface area contributed by atoms with E-state index in [0.717, 1.165) is 18.2 Å². The highest BCUT2D eigenvalue weighted by molar-refractivity contribution is 9.10. The van der Waals surface area contributed by atoms with Gasteiger partial charge in [0.2, 0.25) is 0 Å². The van der Waals surface area contributed by atoms with Gasteiger partial charge in [-0.15, -0.1) is 0 Å². The number of nitrogen functional groups attached to an aromatic ring is 1. The molecule has 23 heavy (non-hydrogen) atoms. The van der Waals surface area contributed by atoms with E-state index in [2.05, 4.69) is 15.9 Å². The fraction of sp³-hybridized carbons (Fsp3) is 0.0667. The second kappa shape index (κ2) is 7.19. The number of amides is 1. The van der Waals surface area contributed by atoms with Crippen LogP contribution in [0.25, 0.3) is 0 Å². The van der Waals surface area contributed by atoms with Crippen LogP contribution in [-0.2, 0) is 9.53 Å². The lowest BCUT2D eigenvalue weighted by Crippen LogP contribution is -2.22.